The normalized spacial score (nSPS) is 18.4. The van der Waals surface area contributed by atoms with Crippen LogP contribution in [0.1, 0.15) is 29.2 Å². The van der Waals surface area contributed by atoms with Gasteiger partial charge in [-0.1, -0.05) is 24.3 Å². The lowest BCUT2D eigenvalue weighted by Gasteiger charge is -2.23. The first kappa shape index (κ1) is 23.5. The van der Waals surface area contributed by atoms with Gasteiger partial charge in [-0.25, -0.2) is 5.01 Å². The summed E-state index contributed by atoms with van der Waals surface area (Å²) in [6.07, 6.45) is 2.22. The number of para-hydroxylation sites is 1. The second-order valence-corrected chi connectivity index (χ2v) is 9.15. The molecule has 0 saturated heterocycles. The molecule has 0 saturated carbocycles. The summed E-state index contributed by atoms with van der Waals surface area (Å²) >= 11 is 1.21. The number of phenolic OH excluding ortho intramolecular Hbond substituents is 2. The minimum atomic E-state index is -0.383. The highest BCUT2D eigenvalue weighted by molar-refractivity contribution is 8.18. The molecule has 2 N–H and O–H groups in total. The zero-order valence-corrected chi connectivity index (χ0v) is 20.4. The first-order valence-corrected chi connectivity index (χ1v) is 12.0. The van der Waals surface area contributed by atoms with Crippen LogP contribution in [0.2, 0.25) is 0 Å². The van der Waals surface area contributed by atoms with E-state index in [1.54, 1.807) is 42.5 Å². The summed E-state index contributed by atoms with van der Waals surface area (Å²) in [6.45, 7) is 0. The fourth-order valence-electron chi connectivity index (χ4n) is 4.09. The van der Waals surface area contributed by atoms with Gasteiger partial charge in [0.15, 0.2) is 16.7 Å². The third-order valence-corrected chi connectivity index (χ3v) is 6.91. The molecule has 36 heavy (non-hydrogen) atoms. The number of hydrazone groups is 1. The molecule has 0 spiro atoms. The van der Waals surface area contributed by atoms with Crippen molar-refractivity contribution in [2.24, 2.45) is 10.1 Å². The Morgan fingerprint density at radius 2 is 1.78 bits per heavy atom. The standard InChI is InChI=1S/C27H23N3O5S/c1-34-18-10-8-17(9-11-18)20-15-21(19-5-3-4-6-22(19)31)30(29-20)27-28-26(33)25(36-27)14-16-7-12-23(32)24(13-16)35-2/h3-14,21,31-32H,15H2,1-2H3/b25-14-. The Kier molecular flexibility index (Phi) is 6.39. The number of thioether (sulfide) groups is 1. The number of aliphatic imine (C=N–C) groups is 1. The smallest absolute Gasteiger partial charge is 0.286 e. The van der Waals surface area contributed by atoms with E-state index < -0.39 is 0 Å². The number of phenols is 2. The fraction of sp³-hybridized carbons (Fsp3) is 0.148. The molecule has 182 valence electrons. The monoisotopic (exact) mass is 501 g/mol. The molecule has 2 aliphatic heterocycles. The topological polar surface area (TPSA) is 104 Å². The van der Waals surface area contributed by atoms with Crippen LogP contribution in [0.15, 0.2) is 81.7 Å². The largest absolute Gasteiger partial charge is 0.508 e. The van der Waals surface area contributed by atoms with Crippen molar-refractivity contribution in [3.8, 4) is 23.0 Å². The molecule has 1 amide bonds. The number of aromatic hydroxyl groups is 2. The number of methoxy groups -OCH3 is 2. The Balaban J connectivity index is 1.48. The first-order valence-electron chi connectivity index (χ1n) is 11.2. The van der Waals surface area contributed by atoms with Gasteiger partial charge in [-0.2, -0.15) is 10.1 Å². The molecule has 1 unspecified atom stereocenters. The zero-order chi connectivity index (χ0) is 25.2. The molecule has 3 aromatic carbocycles. The van der Waals surface area contributed by atoms with Crippen molar-refractivity contribution < 1.29 is 24.5 Å². The molecule has 3 aromatic rings. The van der Waals surface area contributed by atoms with Crippen LogP contribution in [0, 0.1) is 0 Å². The minimum Gasteiger partial charge on any atom is -0.508 e. The van der Waals surface area contributed by atoms with Gasteiger partial charge in [-0.05, 0) is 71.4 Å². The fourth-order valence-corrected chi connectivity index (χ4v) is 5.00. The highest BCUT2D eigenvalue weighted by Crippen LogP contribution is 2.42. The summed E-state index contributed by atoms with van der Waals surface area (Å²) in [4.78, 5) is 17.5. The summed E-state index contributed by atoms with van der Waals surface area (Å²) < 4.78 is 10.4. The van der Waals surface area contributed by atoms with E-state index in [-0.39, 0.29) is 23.4 Å². The first-order chi connectivity index (χ1) is 17.5. The van der Waals surface area contributed by atoms with Crippen molar-refractivity contribution in [3.05, 3.63) is 88.3 Å². The van der Waals surface area contributed by atoms with Crippen molar-refractivity contribution in [2.45, 2.75) is 12.5 Å². The molecular formula is C27H23N3O5S. The highest BCUT2D eigenvalue weighted by atomic mass is 32.2. The third kappa shape index (κ3) is 4.52. The number of hydrogen-bond donors (Lipinski definition) is 2. The highest BCUT2D eigenvalue weighted by Gasteiger charge is 2.37. The summed E-state index contributed by atoms with van der Waals surface area (Å²) in [5.41, 5.74) is 3.11. The molecule has 0 fully saturated rings. The van der Waals surface area contributed by atoms with Crippen molar-refractivity contribution in [3.63, 3.8) is 0 Å². The average molecular weight is 502 g/mol. The second-order valence-electron chi connectivity index (χ2n) is 8.14. The Bertz CT molecular complexity index is 1420. The number of amidine groups is 1. The summed E-state index contributed by atoms with van der Waals surface area (Å²) in [7, 11) is 3.08. The Morgan fingerprint density at radius 3 is 2.50 bits per heavy atom. The predicted molar refractivity (Wildman–Crippen MR) is 140 cm³/mol. The summed E-state index contributed by atoms with van der Waals surface area (Å²) in [6, 6.07) is 19.2. The number of carbonyl (C=O) groups is 1. The van der Waals surface area contributed by atoms with Crippen molar-refractivity contribution in [1.82, 2.24) is 5.01 Å². The van der Waals surface area contributed by atoms with E-state index in [0.717, 1.165) is 17.0 Å². The lowest BCUT2D eigenvalue weighted by Crippen LogP contribution is -2.23. The summed E-state index contributed by atoms with van der Waals surface area (Å²) in [5.74, 6) is 0.846. The molecule has 1 atom stereocenters. The Labute approximate surface area is 212 Å². The SMILES string of the molecule is COc1ccc(C2=NN(C3=NC(=O)/C(=C/c4ccc(O)c(OC)c4)S3)C(c3ccccc3O)C2)cc1. The van der Waals surface area contributed by atoms with Gasteiger partial charge in [0.2, 0.25) is 0 Å². The van der Waals surface area contributed by atoms with Crippen molar-refractivity contribution in [1.29, 1.82) is 0 Å². The lowest BCUT2D eigenvalue weighted by atomic mass is 9.98. The van der Waals surface area contributed by atoms with Crippen LogP contribution in [0.4, 0.5) is 0 Å². The van der Waals surface area contributed by atoms with Crippen LogP contribution in [0.3, 0.4) is 0 Å². The average Bonchev–Trinajstić information content (AvgIpc) is 3.49. The Hall–Kier alpha value is -4.24. The maximum atomic E-state index is 12.8. The van der Waals surface area contributed by atoms with Gasteiger partial charge >= 0.3 is 0 Å². The van der Waals surface area contributed by atoms with Crippen LogP contribution in [0.25, 0.3) is 6.08 Å². The van der Waals surface area contributed by atoms with Crippen LogP contribution in [-0.2, 0) is 4.79 Å². The number of hydrogen-bond acceptors (Lipinski definition) is 8. The molecule has 0 aliphatic carbocycles. The molecule has 5 rings (SSSR count). The maximum Gasteiger partial charge on any atom is 0.286 e. The molecule has 0 aromatic heterocycles. The quantitative estimate of drug-likeness (QED) is 0.478. The van der Waals surface area contributed by atoms with Crippen molar-refractivity contribution >= 4 is 34.6 Å². The van der Waals surface area contributed by atoms with Gasteiger partial charge in [0, 0.05) is 12.0 Å². The third-order valence-electron chi connectivity index (χ3n) is 5.94. The number of carbonyl (C=O) groups excluding carboxylic acids is 1. The van der Waals surface area contributed by atoms with E-state index in [1.807, 2.05) is 36.4 Å². The second kappa shape index (κ2) is 9.79. The minimum absolute atomic E-state index is 0.0185. The van der Waals surface area contributed by atoms with Crippen LogP contribution in [-0.4, -0.2) is 46.2 Å². The van der Waals surface area contributed by atoms with Gasteiger partial charge in [0.1, 0.15) is 11.5 Å². The molecule has 0 radical (unpaired) electrons. The van der Waals surface area contributed by atoms with Gasteiger partial charge in [-0.3, -0.25) is 4.79 Å². The van der Waals surface area contributed by atoms with Crippen LogP contribution in [0.5, 0.6) is 23.0 Å². The van der Waals surface area contributed by atoms with E-state index in [9.17, 15) is 15.0 Å². The number of benzene rings is 3. The summed E-state index contributed by atoms with van der Waals surface area (Å²) in [5, 5.41) is 27.4. The van der Waals surface area contributed by atoms with Gasteiger partial charge in [-0.15, -0.1) is 0 Å². The molecule has 2 aliphatic rings. The molecule has 0 bridgehead atoms. The van der Waals surface area contributed by atoms with Crippen molar-refractivity contribution in [2.75, 3.05) is 14.2 Å². The van der Waals surface area contributed by atoms with E-state index >= 15 is 0 Å². The molecule has 9 heteroatoms. The van der Waals surface area contributed by atoms with Gasteiger partial charge in [0.25, 0.3) is 5.91 Å². The van der Waals surface area contributed by atoms with E-state index in [1.165, 1.54) is 24.9 Å². The van der Waals surface area contributed by atoms with Crippen LogP contribution < -0.4 is 9.47 Å². The number of nitrogens with zero attached hydrogens (tertiary/aromatic N) is 3. The van der Waals surface area contributed by atoms with E-state index in [4.69, 9.17) is 14.6 Å². The number of ether oxygens (including phenoxy) is 2. The Morgan fingerprint density at radius 1 is 1.00 bits per heavy atom. The van der Waals surface area contributed by atoms with Gasteiger partial charge < -0.3 is 19.7 Å². The van der Waals surface area contributed by atoms with Crippen LogP contribution >= 0.6 is 11.8 Å². The van der Waals surface area contributed by atoms with Gasteiger partial charge in [0.05, 0.1) is 30.9 Å². The molecular weight excluding hydrogens is 478 g/mol. The maximum absolute atomic E-state index is 12.8. The molecule has 2 heterocycles. The molecule has 8 nitrogen and oxygen atoms in total. The zero-order valence-electron chi connectivity index (χ0n) is 19.6. The number of rotatable bonds is 5. The number of amides is 1. The van der Waals surface area contributed by atoms with E-state index in [0.29, 0.717) is 33.4 Å². The predicted octanol–water partition coefficient (Wildman–Crippen LogP) is 4.94. The van der Waals surface area contributed by atoms with E-state index in [2.05, 4.69) is 4.99 Å². The lowest BCUT2D eigenvalue weighted by molar-refractivity contribution is -0.113.